The van der Waals surface area contributed by atoms with E-state index in [4.69, 9.17) is 11.2 Å². The first-order valence-electron chi connectivity index (χ1n) is 5.97. The van der Waals surface area contributed by atoms with Crippen LogP contribution in [0, 0.1) is 12.3 Å². The van der Waals surface area contributed by atoms with Gasteiger partial charge in [0.05, 0.1) is 12.4 Å². The maximum atomic E-state index is 5.69. The summed E-state index contributed by atoms with van der Waals surface area (Å²) in [5.74, 6) is 5.53. The number of fused-ring (bicyclic) bond motifs is 1. The predicted octanol–water partition coefficient (Wildman–Crippen LogP) is 2.84. The highest BCUT2D eigenvalue weighted by Gasteiger charge is 2.16. The van der Waals surface area contributed by atoms with Crippen LogP contribution in [0.15, 0.2) is 16.6 Å². The molecule has 0 aromatic heterocycles. The minimum absolute atomic E-state index is 0.789. The summed E-state index contributed by atoms with van der Waals surface area (Å²) in [7, 11) is 0. The number of rotatable bonds is 6. The lowest BCUT2D eigenvalue weighted by Gasteiger charge is -2.10. The summed E-state index contributed by atoms with van der Waals surface area (Å²) in [5.41, 5.74) is 2.54. The normalized spacial score (nSPS) is 12.9. The minimum atomic E-state index is 0.789. The van der Waals surface area contributed by atoms with E-state index in [0.29, 0.717) is 0 Å². The van der Waals surface area contributed by atoms with Crippen molar-refractivity contribution in [3.63, 3.8) is 0 Å². The Bertz CT molecular complexity index is 456. The molecule has 1 aromatic rings. The van der Waals surface area contributed by atoms with Gasteiger partial charge in [0.2, 0.25) is 0 Å². The van der Waals surface area contributed by atoms with Crippen molar-refractivity contribution in [2.75, 3.05) is 24.7 Å². The Morgan fingerprint density at radius 3 is 3.22 bits per heavy atom. The van der Waals surface area contributed by atoms with Crippen LogP contribution < -0.4 is 10.1 Å². The van der Waals surface area contributed by atoms with E-state index >= 15 is 0 Å². The fraction of sp³-hybridized carbons (Fsp3) is 0.429. The highest BCUT2D eigenvalue weighted by molar-refractivity contribution is 9.10. The van der Waals surface area contributed by atoms with Gasteiger partial charge in [-0.15, -0.1) is 18.2 Å². The summed E-state index contributed by atoms with van der Waals surface area (Å²) in [4.78, 5) is 0. The van der Waals surface area contributed by atoms with Gasteiger partial charge in [-0.25, -0.2) is 0 Å². The molecule has 2 rings (SSSR count). The molecule has 2 nitrogen and oxygen atoms in total. The van der Waals surface area contributed by atoms with Gasteiger partial charge < -0.3 is 10.1 Å². The van der Waals surface area contributed by atoms with Crippen molar-refractivity contribution in [3.05, 3.63) is 27.7 Å². The van der Waals surface area contributed by atoms with E-state index in [-0.39, 0.29) is 0 Å². The SMILES string of the molecule is C#CCSCCNCc1cc(Br)cc2c1OCC2. The molecule has 18 heavy (non-hydrogen) atoms. The number of halogens is 1. The first kappa shape index (κ1) is 13.8. The van der Waals surface area contributed by atoms with Gasteiger partial charge >= 0.3 is 0 Å². The van der Waals surface area contributed by atoms with Gasteiger partial charge in [-0.1, -0.05) is 21.9 Å². The summed E-state index contributed by atoms with van der Waals surface area (Å²) >= 11 is 5.33. The standard InChI is InChI=1S/C14H16BrNOS/c1-2-6-18-7-4-16-10-12-9-13(15)8-11-3-5-17-14(11)12/h1,8-9,16H,3-7,10H2. The zero-order valence-electron chi connectivity index (χ0n) is 10.2. The largest absolute Gasteiger partial charge is 0.493 e. The molecule has 1 aliphatic heterocycles. The Morgan fingerprint density at radius 2 is 2.39 bits per heavy atom. The summed E-state index contributed by atoms with van der Waals surface area (Å²) in [6, 6.07) is 4.28. The monoisotopic (exact) mass is 325 g/mol. The van der Waals surface area contributed by atoms with Gasteiger partial charge in [-0.05, 0) is 17.7 Å². The van der Waals surface area contributed by atoms with Crippen molar-refractivity contribution in [1.82, 2.24) is 5.32 Å². The molecule has 96 valence electrons. The molecule has 0 saturated heterocycles. The molecule has 0 radical (unpaired) electrons. The molecule has 0 unspecified atom stereocenters. The molecule has 0 saturated carbocycles. The van der Waals surface area contributed by atoms with Crippen molar-refractivity contribution in [2.45, 2.75) is 13.0 Å². The molecule has 1 heterocycles. The molecule has 1 N–H and O–H groups in total. The Morgan fingerprint density at radius 1 is 1.50 bits per heavy atom. The summed E-state index contributed by atoms with van der Waals surface area (Å²) in [6.07, 6.45) is 6.21. The van der Waals surface area contributed by atoms with Crippen LogP contribution in [0.5, 0.6) is 5.75 Å². The van der Waals surface area contributed by atoms with Gasteiger partial charge in [-0.2, -0.15) is 0 Å². The van der Waals surface area contributed by atoms with E-state index in [1.807, 2.05) is 0 Å². The second-order valence-electron chi connectivity index (χ2n) is 4.09. The Labute approximate surface area is 121 Å². The summed E-state index contributed by atoms with van der Waals surface area (Å²) in [5, 5.41) is 3.43. The topological polar surface area (TPSA) is 21.3 Å². The van der Waals surface area contributed by atoms with Crippen LogP contribution in [0.3, 0.4) is 0 Å². The van der Waals surface area contributed by atoms with Gasteiger partial charge in [0, 0.05) is 35.3 Å². The molecule has 0 amide bonds. The van der Waals surface area contributed by atoms with Crippen molar-refractivity contribution in [3.8, 4) is 18.1 Å². The zero-order valence-corrected chi connectivity index (χ0v) is 12.6. The number of terminal acetylenes is 1. The lowest BCUT2D eigenvalue weighted by molar-refractivity contribution is 0.352. The molecule has 0 aliphatic carbocycles. The molecule has 4 heteroatoms. The average Bonchev–Trinajstić information content (AvgIpc) is 2.81. The fourth-order valence-electron chi connectivity index (χ4n) is 1.98. The first-order chi connectivity index (χ1) is 8.81. The van der Waals surface area contributed by atoms with E-state index in [2.05, 4.69) is 39.3 Å². The lowest BCUT2D eigenvalue weighted by Crippen LogP contribution is -2.17. The van der Waals surface area contributed by atoms with Crippen LogP contribution in [-0.2, 0) is 13.0 Å². The molecule has 0 spiro atoms. The molecule has 0 fully saturated rings. The predicted molar refractivity (Wildman–Crippen MR) is 81.2 cm³/mol. The molecule has 0 bridgehead atoms. The Hall–Kier alpha value is -0.630. The lowest BCUT2D eigenvalue weighted by atomic mass is 10.1. The number of nitrogens with one attached hydrogen (secondary N) is 1. The van der Waals surface area contributed by atoms with Crippen LogP contribution >= 0.6 is 27.7 Å². The highest BCUT2D eigenvalue weighted by Crippen LogP contribution is 2.32. The molecule has 1 aromatic carbocycles. The van der Waals surface area contributed by atoms with Crippen LogP contribution in [0.1, 0.15) is 11.1 Å². The van der Waals surface area contributed by atoms with Gasteiger partial charge in [-0.3, -0.25) is 0 Å². The van der Waals surface area contributed by atoms with Crippen molar-refractivity contribution < 1.29 is 4.74 Å². The van der Waals surface area contributed by atoms with E-state index in [9.17, 15) is 0 Å². The van der Waals surface area contributed by atoms with Crippen LogP contribution in [0.4, 0.5) is 0 Å². The van der Waals surface area contributed by atoms with E-state index < -0.39 is 0 Å². The van der Waals surface area contributed by atoms with Crippen molar-refractivity contribution in [1.29, 1.82) is 0 Å². The second kappa shape index (κ2) is 7.08. The van der Waals surface area contributed by atoms with Gasteiger partial charge in [0.25, 0.3) is 0 Å². The van der Waals surface area contributed by atoms with Gasteiger partial charge in [0.15, 0.2) is 0 Å². The highest BCUT2D eigenvalue weighted by atomic mass is 79.9. The third-order valence-corrected chi connectivity index (χ3v) is 4.07. The smallest absolute Gasteiger partial charge is 0.127 e. The number of hydrogen-bond acceptors (Lipinski definition) is 3. The molecule has 0 atom stereocenters. The zero-order chi connectivity index (χ0) is 12.8. The van der Waals surface area contributed by atoms with Crippen LogP contribution in [0.2, 0.25) is 0 Å². The Balaban J connectivity index is 1.85. The fourth-order valence-corrected chi connectivity index (χ4v) is 3.08. The van der Waals surface area contributed by atoms with Crippen LogP contribution in [0.25, 0.3) is 0 Å². The number of ether oxygens (including phenoxy) is 1. The third-order valence-electron chi connectivity index (χ3n) is 2.75. The molecular formula is C14H16BrNOS. The van der Waals surface area contributed by atoms with E-state index in [1.165, 1.54) is 11.1 Å². The maximum absolute atomic E-state index is 5.69. The summed E-state index contributed by atoms with van der Waals surface area (Å²) in [6.45, 7) is 2.61. The Kier molecular flexibility index (Phi) is 5.43. The van der Waals surface area contributed by atoms with Gasteiger partial charge in [0.1, 0.15) is 5.75 Å². The second-order valence-corrected chi connectivity index (χ2v) is 6.11. The molecule has 1 aliphatic rings. The maximum Gasteiger partial charge on any atom is 0.127 e. The summed E-state index contributed by atoms with van der Waals surface area (Å²) < 4.78 is 6.82. The van der Waals surface area contributed by atoms with Crippen molar-refractivity contribution >= 4 is 27.7 Å². The number of benzene rings is 1. The van der Waals surface area contributed by atoms with Crippen molar-refractivity contribution in [2.24, 2.45) is 0 Å². The number of hydrogen-bond donors (Lipinski definition) is 1. The number of thioether (sulfide) groups is 1. The third kappa shape index (κ3) is 3.68. The molecular weight excluding hydrogens is 310 g/mol. The minimum Gasteiger partial charge on any atom is -0.493 e. The van der Waals surface area contributed by atoms with E-state index in [0.717, 1.165) is 47.8 Å². The van der Waals surface area contributed by atoms with E-state index in [1.54, 1.807) is 11.8 Å². The first-order valence-corrected chi connectivity index (χ1v) is 7.92. The quantitative estimate of drug-likeness (QED) is 0.642. The van der Waals surface area contributed by atoms with Crippen LogP contribution in [-0.4, -0.2) is 24.7 Å². The average molecular weight is 326 g/mol.